The SMILES string of the molecule is CC.CC1CC(COP(OCOC(=O)C(C)(C)C)OCOC(=O)C(C)(C)C)OC1n1ccc(=O)[nH]c1=O.OC1(O)CCCC1. The summed E-state index contributed by atoms with van der Waals surface area (Å²) in [5.41, 5.74) is -2.47. The van der Waals surface area contributed by atoms with E-state index in [0.717, 1.165) is 12.8 Å². The number of rotatable bonds is 10. The van der Waals surface area contributed by atoms with Crippen LogP contribution in [0.2, 0.25) is 0 Å². The van der Waals surface area contributed by atoms with E-state index in [0.29, 0.717) is 19.3 Å². The second kappa shape index (κ2) is 18.1. The lowest BCUT2D eigenvalue weighted by molar-refractivity contribution is -0.162. The van der Waals surface area contributed by atoms with E-state index in [9.17, 15) is 19.2 Å². The van der Waals surface area contributed by atoms with E-state index in [1.807, 2.05) is 20.8 Å². The molecule has 1 aliphatic carbocycles. The molecule has 2 heterocycles. The van der Waals surface area contributed by atoms with E-state index in [-0.39, 0.29) is 12.5 Å². The lowest BCUT2D eigenvalue weighted by atomic mass is 9.98. The molecule has 0 amide bonds. The molecule has 2 aliphatic rings. The molecule has 3 unspecified atom stereocenters. The Balaban J connectivity index is 0.000000927. The van der Waals surface area contributed by atoms with Crippen molar-refractivity contribution in [2.45, 2.75) is 113 Å². The number of aromatic amines is 1. The van der Waals surface area contributed by atoms with E-state index in [4.69, 9.17) is 38.0 Å². The Morgan fingerprint density at radius 2 is 1.48 bits per heavy atom. The number of aromatic nitrogens is 2. The first-order chi connectivity index (χ1) is 20.4. The van der Waals surface area contributed by atoms with Gasteiger partial charge in [0.25, 0.3) is 5.56 Å². The quantitative estimate of drug-likeness (QED) is 0.187. The summed E-state index contributed by atoms with van der Waals surface area (Å²) in [5, 5.41) is 17.5. The molecule has 0 spiro atoms. The molecule has 44 heavy (non-hydrogen) atoms. The van der Waals surface area contributed by atoms with Crippen molar-refractivity contribution >= 4 is 20.5 Å². The number of ether oxygens (including phenoxy) is 3. The fourth-order valence-electron chi connectivity index (χ4n) is 3.87. The zero-order valence-electron chi connectivity index (χ0n) is 27.4. The van der Waals surface area contributed by atoms with Gasteiger partial charge in [-0.3, -0.25) is 33.0 Å². The third-order valence-corrected chi connectivity index (χ3v) is 7.26. The molecule has 0 radical (unpaired) electrons. The van der Waals surface area contributed by atoms with Crippen molar-refractivity contribution in [3.63, 3.8) is 0 Å². The first-order valence-electron chi connectivity index (χ1n) is 14.8. The summed E-state index contributed by atoms with van der Waals surface area (Å²) >= 11 is 0. The van der Waals surface area contributed by atoms with Crippen molar-refractivity contribution < 1.29 is 47.6 Å². The number of H-pyrrole nitrogens is 1. The third kappa shape index (κ3) is 14.3. The molecule has 2 fully saturated rings. The number of hydrogen-bond donors (Lipinski definition) is 3. The van der Waals surface area contributed by atoms with Crippen molar-refractivity contribution in [1.29, 1.82) is 0 Å². The molecule has 3 atom stereocenters. The van der Waals surface area contributed by atoms with E-state index in [2.05, 4.69) is 4.98 Å². The third-order valence-electron chi connectivity index (χ3n) is 6.27. The Morgan fingerprint density at radius 3 is 1.89 bits per heavy atom. The summed E-state index contributed by atoms with van der Waals surface area (Å²) in [6.45, 7) is 15.4. The molecule has 14 nitrogen and oxygen atoms in total. The topological polar surface area (TPSA) is 185 Å². The second-order valence-corrected chi connectivity index (χ2v) is 13.7. The maximum Gasteiger partial charge on any atom is 0.338 e. The van der Waals surface area contributed by atoms with Crippen LogP contribution in [0.1, 0.15) is 101 Å². The summed E-state index contributed by atoms with van der Waals surface area (Å²) in [7, 11) is -2.05. The largest absolute Gasteiger partial charge is 0.438 e. The molecule has 0 aromatic carbocycles. The van der Waals surface area contributed by atoms with Crippen LogP contribution in [0.15, 0.2) is 21.9 Å². The molecular formula is C29H51N2O12P. The normalized spacial score (nSPS) is 21.1. The Hall–Kier alpha value is -2.19. The number of carbonyl (C=O) groups is 2. The molecule has 254 valence electrons. The van der Waals surface area contributed by atoms with E-state index in [1.165, 1.54) is 16.8 Å². The molecular weight excluding hydrogens is 599 g/mol. The zero-order valence-corrected chi connectivity index (χ0v) is 28.3. The van der Waals surface area contributed by atoms with Crippen LogP contribution >= 0.6 is 8.60 Å². The second-order valence-electron chi connectivity index (χ2n) is 12.4. The molecule has 3 N–H and O–H groups in total. The standard InChI is InChI=1S/C22H35N2O10P.C5H10O2.C2H6/c1-14-10-15(34-17(14)24-9-8-16(25)23-20(24)28)11-31-35(32-12-29-18(26)21(2,3)4)33-13-30-19(27)22(5,6)7;6-5(7)3-1-2-4-5;1-2/h8-9,14-15,17H,10-13H2,1-7H3,(H,23,25,28);6-7H,1-4H2;1-2H3. The van der Waals surface area contributed by atoms with Gasteiger partial charge in [0.15, 0.2) is 5.79 Å². The Morgan fingerprint density at radius 1 is 0.977 bits per heavy atom. The zero-order chi connectivity index (χ0) is 33.7. The predicted molar refractivity (Wildman–Crippen MR) is 162 cm³/mol. The minimum atomic E-state index is -2.05. The van der Waals surface area contributed by atoms with Crippen LogP contribution in [0.4, 0.5) is 0 Å². The first kappa shape index (κ1) is 39.8. The van der Waals surface area contributed by atoms with Gasteiger partial charge in [-0.2, -0.15) is 0 Å². The smallest absolute Gasteiger partial charge is 0.338 e. The number of hydrogen-bond acceptors (Lipinski definition) is 12. The number of carbonyl (C=O) groups excluding carboxylic acids is 2. The lowest BCUT2D eigenvalue weighted by Crippen LogP contribution is -2.33. The van der Waals surface area contributed by atoms with E-state index >= 15 is 0 Å². The highest BCUT2D eigenvalue weighted by molar-refractivity contribution is 7.41. The van der Waals surface area contributed by atoms with Gasteiger partial charge in [0.1, 0.15) is 6.23 Å². The van der Waals surface area contributed by atoms with Gasteiger partial charge in [-0.25, -0.2) is 4.79 Å². The Kier molecular flexibility index (Phi) is 16.4. The lowest BCUT2D eigenvalue weighted by Gasteiger charge is -2.22. The number of nitrogens with one attached hydrogen (secondary N) is 1. The van der Waals surface area contributed by atoms with Crippen LogP contribution < -0.4 is 11.2 Å². The van der Waals surface area contributed by atoms with Crippen molar-refractivity contribution in [1.82, 2.24) is 9.55 Å². The summed E-state index contributed by atoms with van der Waals surface area (Å²) in [6.07, 6.45) is 4.02. The van der Waals surface area contributed by atoms with Crippen LogP contribution in [0.25, 0.3) is 0 Å². The minimum Gasteiger partial charge on any atom is -0.438 e. The van der Waals surface area contributed by atoms with Crippen LogP contribution in [0.5, 0.6) is 0 Å². The monoisotopic (exact) mass is 650 g/mol. The van der Waals surface area contributed by atoms with Gasteiger partial charge >= 0.3 is 26.2 Å². The first-order valence-corrected chi connectivity index (χ1v) is 15.9. The fourth-order valence-corrected chi connectivity index (χ4v) is 4.66. The average Bonchev–Trinajstić information content (AvgIpc) is 3.50. The summed E-state index contributed by atoms with van der Waals surface area (Å²) in [5.74, 6) is -2.27. The highest BCUT2D eigenvalue weighted by Gasteiger charge is 2.35. The van der Waals surface area contributed by atoms with E-state index < -0.39 is 74.3 Å². The van der Waals surface area contributed by atoms with Crippen molar-refractivity contribution in [3.05, 3.63) is 33.1 Å². The Labute approximate surface area is 260 Å². The summed E-state index contributed by atoms with van der Waals surface area (Å²) < 4.78 is 34.1. The molecule has 15 heteroatoms. The predicted octanol–water partition coefficient (Wildman–Crippen LogP) is 4.10. The molecule has 1 aromatic heterocycles. The van der Waals surface area contributed by atoms with Crippen molar-refractivity contribution in [2.24, 2.45) is 16.7 Å². The molecule has 1 saturated heterocycles. The van der Waals surface area contributed by atoms with Gasteiger partial charge in [-0.15, -0.1) is 0 Å². The molecule has 1 saturated carbocycles. The van der Waals surface area contributed by atoms with Gasteiger partial charge < -0.3 is 28.9 Å². The highest BCUT2D eigenvalue weighted by Crippen LogP contribution is 2.42. The van der Waals surface area contributed by atoms with Crippen LogP contribution in [-0.4, -0.2) is 63.8 Å². The maximum absolute atomic E-state index is 12.1. The molecule has 0 bridgehead atoms. The van der Waals surface area contributed by atoms with Gasteiger partial charge in [-0.05, 0) is 60.8 Å². The number of nitrogens with zero attached hydrogens (tertiary/aromatic N) is 1. The number of esters is 2. The molecule has 1 aliphatic heterocycles. The summed E-state index contributed by atoms with van der Waals surface area (Å²) in [4.78, 5) is 49.6. The molecule has 1 aromatic rings. The van der Waals surface area contributed by atoms with Crippen LogP contribution in [-0.2, 0) is 37.4 Å². The van der Waals surface area contributed by atoms with Gasteiger partial charge in [-0.1, -0.05) is 20.8 Å². The molecule has 3 rings (SSSR count). The average molecular weight is 651 g/mol. The maximum atomic E-state index is 12.1. The fraction of sp³-hybridized carbons (Fsp3) is 0.793. The van der Waals surface area contributed by atoms with Crippen LogP contribution in [0, 0.1) is 16.7 Å². The van der Waals surface area contributed by atoms with Crippen molar-refractivity contribution in [2.75, 3.05) is 20.2 Å². The van der Waals surface area contributed by atoms with Gasteiger partial charge in [0, 0.05) is 31.0 Å². The van der Waals surface area contributed by atoms with Gasteiger partial charge in [0.05, 0.1) is 23.5 Å². The summed E-state index contributed by atoms with van der Waals surface area (Å²) in [6, 6.07) is 1.25. The van der Waals surface area contributed by atoms with E-state index in [1.54, 1.807) is 41.5 Å². The minimum absolute atomic E-state index is 0.0410. The Bertz CT molecular complexity index is 1100. The van der Waals surface area contributed by atoms with Crippen LogP contribution in [0.3, 0.4) is 0 Å². The number of aliphatic hydroxyl groups is 2. The van der Waals surface area contributed by atoms with Gasteiger partial charge in [0.2, 0.25) is 13.6 Å². The van der Waals surface area contributed by atoms with Crippen molar-refractivity contribution in [3.8, 4) is 0 Å². The highest BCUT2D eigenvalue weighted by atomic mass is 31.2.